The summed E-state index contributed by atoms with van der Waals surface area (Å²) in [5.41, 5.74) is 1.76. The van der Waals surface area contributed by atoms with Crippen LogP contribution in [0.3, 0.4) is 0 Å². The summed E-state index contributed by atoms with van der Waals surface area (Å²) in [5, 5.41) is 5.95. The Hall–Kier alpha value is -0.580. The van der Waals surface area contributed by atoms with Gasteiger partial charge < -0.3 is 0 Å². The van der Waals surface area contributed by atoms with E-state index in [0.29, 0.717) is 11.4 Å². The van der Waals surface area contributed by atoms with Crippen molar-refractivity contribution in [1.82, 2.24) is 0 Å². The first-order valence-electron chi connectivity index (χ1n) is 6.74. The molecule has 108 valence electrons. The molecule has 0 fully saturated rings. The van der Waals surface area contributed by atoms with Crippen LogP contribution in [-0.4, -0.2) is 8.42 Å². The normalized spacial score (nSPS) is 11.8. The molecular formula is C14H22ClNO2S. The summed E-state index contributed by atoms with van der Waals surface area (Å²) < 4.78 is 23.4. The van der Waals surface area contributed by atoms with E-state index in [1.807, 2.05) is 0 Å². The minimum Gasteiger partial charge on any atom is -0.225 e. The highest BCUT2D eigenvalue weighted by Gasteiger charge is 2.18. The van der Waals surface area contributed by atoms with E-state index in [1.54, 1.807) is 6.07 Å². The van der Waals surface area contributed by atoms with Crippen LogP contribution in [0.4, 0.5) is 0 Å². The monoisotopic (exact) mass is 303 g/mol. The van der Waals surface area contributed by atoms with Crippen molar-refractivity contribution in [2.24, 2.45) is 5.14 Å². The molecule has 1 aromatic rings. The summed E-state index contributed by atoms with van der Waals surface area (Å²) in [6, 6.07) is 3.17. The molecule has 3 nitrogen and oxygen atoms in total. The van der Waals surface area contributed by atoms with E-state index in [9.17, 15) is 8.42 Å². The fourth-order valence-corrected chi connectivity index (χ4v) is 3.26. The highest BCUT2D eigenvalue weighted by atomic mass is 35.5. The molecule has 0 atom stereocenters. The van der Waals surface area contributed by atoms with Crippen LogP contribution in [0.2, 0.25) is 5.02 Å². The van der Waals surface area contributed by atoms with Crippen molar-refractivity contribution in [2.75, 3.05) is 0 Å². The Morgan fingerprint density at radius 1 is 1.05 bits per heavy atom. The number of sulfonamides is 1. The third-order valence-corrected chi connectivity index (χ3v) is 4.55. The van der Waals surface area contributed by atoms with Gasteiger partial charge >= 0.3 is 0 Å². The zero-order valence-corrected chi connectivity index (χ0v) is 13.1. The lowest BCUT2D eigenvalue weighted by molar-refractivity contribution is 0.595. The van der Waals surface area contributed by atoms with Gasteiger partial charge in [-0.05, 0) is 48.9 Å². The second-order valence-electron chi connectivity index (χ2n) is 4.75. The van der Waals surface area contributed by atoms with Crippen molar-refractivity contribution in [3.63, 3.8) is 0 Å². The van der Waals surface area contributed by atoms with Gasteiger partial charge in [0.25, 0.3) is 0 Å². The summed E-state index contributed by atoms with van der Waals surface area (Å²) in [6.45, 7) is 4.18. The first kappa shape index (κ1) is 16.5. The molecule has 0 bridgehead atoms. The highest BCUT2D eigenvalue weighted by molar-refractivity contribution is 7.89. The molecule has 0 amide bonds. The molecule has 0 aliphatic rings. The maximum absolute atomic E-state index is 11.7. The Balaban J connectivity index is 3.32. The summed E-state index contributed by atoms with van der Waals surface area (Å²) in [5.74, 6) is 0. The Morgan fingerprint density at radius 3 is 2.05 bits per heavy atom. The molecule has 19 heavy (non-hydrogen) atoms. The van der Waals surface area contributed by atoms with Gasteiger partial charge in [0.1, 0.15) is 0 Å². The molecule has 0 heterocycles. The molecule has 0 saturated carbocycles. The Morgan fingerprint density at radius 2 is 1.58 bits per heavy atom. The van der Waals surface area contributed by atoms with Gasteiger partial charge in [0.2, 0.25) is 10.0 Å². The van der Waals surface area contributed by atoms with Crippen LogP contribution in [0.5, 0.6) is 0 Å². The van der Waals surface area contributed by atoms with Crippen molar-refractivity contribution in [3.05, 3.63) is 28.3 Å². The predicted octanol–water partition coefficient (Wildman–Crippen LogP) is 3.67. The van der Waals surface area contributed by atoms with Crippen LogP contribution < -0.4 is 5.14 Å². The van der Waals surface area contributed by atoms with Gasteiger partial charge in [-0.2, -0.15) is 0 Å². The lowest BCUT2D eigenvalue weighted by Crippen LogP contribution is -2.16. The predicted molar refractivity (Wildman–Crippen MR) is 80.0 cm³/mol. The zero-order valence-electron chi connectivity index (χ0n) is 11.6. The van der Waals surface area contributed by atoms with Gasteiger partial charge in [0, 0.05) is 5.02 Å². The number of hydrogen-bond acceptors (Lipinski definition) is 2. The third-order valence-electron chi connectivity index (χ3n) is 3.20. The van der Waals surface area contributed by atoms with E-state index in [0.717, 1.165) is 43.2 Å². The van der Waals surface area contributed by atoms with Gasteiger partial charge in [-0.25, -0.2) is 13.6 Å². The fraction of sp³-hybridized carbons (Fsp3) is 0.571. The Bertz CT molecular complexity index is 526. The van der Waals surface area contributed by atoms with E-state index >= 15 is 0 Å². The smallest absolute Gasteiger partial charge is 0.225 e. The molecule has 1 aromatic carbocycles. The molecule has 0 aliphatic carbocycles. The average Bonchev–Trinajstić information content (AvgIpc) is 2.33. The summed E-state index contributed by atoms with van der Waals surface area (Å²) in [6.07, 6.45) is 5.49. The first-order valence-corrected chi connectivity index (χ1v) is 8.67. The Labute approximate surface area is 121 Å². The maximum atomic E-state index is 11.7. The van der Waals surface area contributed by atoms with Crippen molar-refractivity contribution >= 4 is 21.6 Å². The van der Waals surface area contributed by atoms with Crippen LogP contribution in [0.25, 0.3) is 0 Å². The van der Waals surface area contributed by atoms with E-state index in [-0.39, 0.29) is 4.90 Å². The minimum absolute atomic E-state index is 0.233. The molecule has 0 aromatic heterocycles. The number of benzene rings is 1. The zero-order chi connectivity index (χ0) is 14.5. The van der Waals surface area contributed by atoms with Crippen LogP contribution in [0.1, 0.15) is 50.7 Å². The summed E-state index contributed by atoms with van der Waals surface area (Å²) in [4.78, 5) is 0.233. The molecule has 0 unspecified atom stereocenters. The van der Waals surface area contributed by atoms with Gasteiger partial charge in [-0.15, -0.1) is 0 Å². The molecule has 0 saturated heterocycles. The van der Waals surface area contributed by atoms with Crippen molar-refractivity contribution in [1.29, 1.82) is 0 Å². The van der Waals surface area contributed by atoms with Crippen molar-refractivity contribution < 1.29 is 8.42 Å². The van der Waals surface area contributed by atoms with E-state index in [1.165, 1.54) is 6.07 Å². The average molecular weight is 304 g/mol. The van der Waals surface area contributed by atoms with Crippen LogP contribution in [0.15, 0.2) is 17.0 Å². The minimum atomic E-state index is -3.69. The van der Waals surface area contributed by atoms with Crippen molar-refractivity contribution in [2.45, 2.75) is 57.3 Å². The summed E-state index contributed by atoms with van der Waals surface area (Å²) >= 11 is 6.23. The number of nitrogens with two attached hydrogens (primary N) is 1. The molecule has 1 rings (SSSR count). The van der Waals surface area contributed by atoms with Crippen LogP contribution in [-0.2, 0) is 22.9 Å². The maximum Gasteiger partial charge on any atom is 0.238 e. The first-order chi connectivity index (χ1) is 8.91. The molecule has 2 N–H and O–H groups in total. The van der Waals surface area contributed by atoms with Gasteiger partial charge in [-0.1, -0.05) is 38.3 Å². The molecule has 0 spiro atoms. The largest absolute Gasteiger partial charge is 0.238 e. The van der Waals surface area contributed by atoms with Gasteiger partial charge in [0.15, 0.2) is 0 Å². The second-order valence-corrected chi connectivity index (χ2v) is 6.69. The molecular weight excluding hydrogens is 282 g/mol. The molecule has 0 radical (unpaired) electrons. The Kier molecular flexibility index (Phi) is 6.30. The van der Waals surface area contributed by atoms with E-state index < -0.39 is 10.0 Å². The van der Waals surface area contributed by atoms with Gasteiger partial charge in [-0.3, -0.25) is 0 Å². The quantitative estimate of drug-likeness (QED) is 0.835. The van der Waals surface area contributed by atoms with Crippen molar-refractivity contribution in [3.8, 4) is 0 Å². The lowest BCUT2D eigenvalue weighted by atomic mass is 9.98. The standard InChI is InChI=1S/C14H22ClNO2S/c1-3-5-7-11-12(8-6-4-2)14(19(16,17)18)10-9-13(11)15/h9-10H,3-8H2,1-2H3,(H2,16,17,18). The van der Waals surface area contributed by atoms with Crippen LogP contribution >= 0.6 is 11.6 Å². The molecule has 0 aliphatic heterocycles. The highest BCUT2D eigenvalue weighted by Crippen LogP contribution is 2.29. The SMILES string of the molecule is CCCCc1c(Cl)ccc(S(N)(=O)=O)c1CCCC. The van der Waals surface area contributed by atoms with Crippen LogP contribution in [0, 0.1) is 0 Å². The lowest BCUT2D eigenvalue weighted by Gasteiger charge is -2.15. The van der Waals surface area contributed by atoms with Gasteiger partial charge in [0.05, 0.1) is 4.90 Å². The number of unbranched alkanes of at least 4 members (excludes halogenated alkanes) is 2. The van der Waals surface area contributed by atoms with E-state index in [2.05, 4.69) is 13.8 Å². The second kappa shape index (κ2) is 7.27. The number of hydrogen-bond donors (Lipinski definition) is 1. The third kappa shape index (κ3) is 4.48. The molecule has 5 heteroatoms. The van der Waals surface area contributed by atoms with E-state index in [4.69, 9.17) is 16.7 Å². The number of primary sulfonamides is 1. The summed E-state index contributed by atoms with van der Waals surface area (Å²) in [7, 11) is -3.69. The number of rotatable bonds is 7. The topological polar surface area (TPSA) is 60.2 Å². The number of halogens is 1. The fourth-order valence-electron chi connectivity index (χ4n) is 2.16.